The van der Waals surface area contributed by atoms with Crippen LogP contribution < -0.4 is 26.4 Å². The van der Waals surface area contributed by atoms with Crippen molar-refractivity contribution in [3.05, 3.63) is 69.8 Å². The Bertz CT molecular complexity index is 1310. The highest BCUT2D eigenvalue weighted by atomic mass is 16.1. The van der Waals surface area contributed by atoms with Crippen LogP contribution in [-0.2, 0) is 10.2 Å². The van der Waals surface area contributed by atoms with E-state index in [1.165, 1.54) is 0 Å². The van der Waals surface area contributed by atoms with E-state index in [4.69, 9.17) is 10.7 Å². The molecule has 2 aromatic heterocycles. The summed E-state index contributed by atoms with van der Waals surface area (Å²) in [6.45, 7) is 9.73. The summed E-state index contributed by atoms with van der Waals surface area (Å²) < 4.78 is 0. The number of nitrogens with two attached hydrogens (primary N) is 1. The Balaban J connectivity index is 1.57. The molecule has 4 N–H and O–H groups in total. The summed E-state index contributed by atoms with van der Waals surface area (Å²) in [7, 11) is 0. The molecule has 2 aliphatic rings. The molecule has 0 bridgehead atoms. The second-order valence-electron chi connectivity index (χ2n) is 9.47. The number of hydrogen-bond donors (Lipinski definition) is 3. The number of nitrogens with zero attached hydrogens (tertiary/aromatic N) is 3. The number of rotatable bonds is 4. The van der Waals surface area contributed by atoms with E-state index in [-0.39, 0.29) is 5.56 Å². The van der Waals surface area contributed by atoms with Gasteiger partial charge in [0.15, 0.2) is 0 Å². The zero-order valence-corrected chi connectivity index (χ0v) is 19.8. The van der Waals surface area contributed by atoms with E-state index >= 15 is 0 Å². The van der Waals surface area contributed by atoms with Gasteiger partial charge in [0.05, 0.1) is 5.41 Å². The van der Waals surface area contributed by atoms with E-state index in [0.29, 0.717) is 12.2 Å². The summed E-state index contributed by atoms with van der Waals surface area (Å²) in [5.41, 5.74) is 10.6. The molecule has 1 aromatic carbocycles. The number of primary amides is 1. The number of aromatic nitrogens is 2. The number of aryl methyl sites for hydroxylation is 2. The van der Waals surface area contributed by atoms with Gasteiger partial charge >= 0.3 is 0 Å². The Morgan fingerprint density at radius 3 is 2.47 bits per heavy atom. The van der Waals surface area contributed by atoms with Gasteiger partial charge in [0.2, 0.25) is 5.91 Å². The van der Waals surface area contributed by atoms with Gasteiger partial charge in [-0.2, -0.15) is 0 Å². The van der Waals surface area contributed by atoms with Crippen LogP contribution in [0.3, 0.4) is 0 Å². The molecule has 1 fully saturated rings. The zero-order valence-electron chi connectivity index (χ0n) is 19.8. The van der Waals surface area contributed by atoms with Gasteiger partial charge in [0.1, 0.15) is 11.5 Å². The van der Waals surface area contributed by atoms with Gasteiger partial charge in [0.25, 0.3) is 5.56 Å². The maximum absolute atomic E-state index is 12.9. The number of amides is 1. The number of H-pyrrole nitrogens is 1. The van der Waals surface area contributed by atoms with Gasteiger partial charge in [0, 0.05) is 55.9 Å². The summed E-state index contributed by atoms with van der Waals surface area (Å²) in [6, 6.07) is 12.0. The number of fused-ring (bicyclic) bond motifs is 1. The summed E-state index contributed by atoms with van der Waals surface area (Å²) in [4.78, 5) is 37.3. The van der Waals surface area contributed by atoms with Crippen LogP contribution in [0.15, 0.2) is 47.4 Å². The average molecular weight is 459 g/mol. The summed E-state index contributed by atoms with van der Waals surface area (Å²) in [6.07, 6.45) is 1.88. The van der Waals surface area contributed by atoms with Crippen molar-refractivity contribution in [3.63, 3.8) is 0 Å². The van der Waals surface area contributed by atoms with Gasteiger partial charge in [-0.05, 0) is 61.7 Å². The molecule has 1 atom stereocenters. The molecule has 0 saturated carbocycles. The Hall–Kier alpha value is -3.65. The molecule has 1 amide bonds. The van der Waals surface area contributed by atoms with E-state index in [9.17, 15) is 9.59 Å². The molecule has 176 valence electrons. The first kappa shape index (κ1) is 22.2. The zero-order chi connectivity index (χ0) is 24.0. The summed E-state index contributed by atoms with van der Waals surface area (Å²) in [5.74, 6) is 0.559. The van der Waals surface area contributed by atoms with Crippen molar-refractivity contribution in [2.45, 2.75) is 26.2 Å². The average Bonchev–Trinajstić information content (AvgIpc) is 3.12. The highest BCUT2D eigenvalue weighted by molar-refractivity contribution is 5.94. The van der Waals surface area contributed by atoms with Gasteiger partial charge in [-0.25, -0.2) is 4.98 Å². The lowest BCUT2D eigenvalue weighted by Gasteiger charge is -2.28. The number of aromatic amines is 1. The number of piperazine rings is 1. The third-order valence-electron chi connectivity index (χ3n) is 7.03. The topological polar surface area (TPSA) is 107 Å². The number of benzene rings is 1. The van der Waals surface area contributed by atoms with Crippen molar-refractivity contribution in [1.82, 2.24) is 15.3 Å². The predicted molar refractivity (Wildman–Crippen MR) is 135 cm³/mol. The number of anilines is 3. The molecule has 3 aromatic rings. The number of hydrogen-bond acceptors (Lipinski definition) is 6. The van der Waals surface area contributed by atoms with E-state index in [2.05, 4.69) is 21.3 Å². The minimum Gasteiger partial charge on any atom is -0.369 e. The first-order chi connectivity index (χ1) is 16.3. The highest BCUT2D eigenvalue weighted by Gasteiger charge is 2.45. The van der Waals surface area contributed by atoms with E-state index in [0.717, 1.165) is 65.6 Å². The minimum absolute atomic E-state index is 0.176. The summed E-state index contributed by atoms with van der Waals surface area (Å²) >= 11 is 0. The van der Waals surface area contributed by atoms with Crippen LogP contribution >= 0.6 is 0 Å². The number of carbonyl (C=O) groups excluding carboxylic acids is 1. The third kappa shape index (κ3) is 3.64. The van der Waals surface area contributed by atoms with Crippen molar-refractivity contribution in [2.75, 3.05) is 42.5 Å². The molecule has 0 radical (unpaired) electrons. The second-order valence-corrected chi connectivity index (χ2v) is 9.47. The minimum atomic E-state index is -0.901. The van der Waals surface area contributed by atoms with Gasteiger partial charge < -0.3 is 25.8 Å². The summed E-state index contributed by atoms with van der Waals surface area (Å²) in [5, 5.41) is 3.36. The quantitative estimate of drug-likeness (QED) is 0.554. The van der Waals surface area contributed by atoms with E-state index in [1.54, 1.807) is 0 Å². The van der Waals surface area contributed by atoms with Crippen LogP contribution in [0, 0.1) is 13.8 Å². The maximum atomic E-state index is 12.9. The fraction of sp³-hybridized carbons (Fsp3) is 0.346. The fourth-order valence-corrected chi connectivity index (χ4v) is 5.12. The predicted octanol–water partition coefficient (Wildman–Crippen LogP) is 2.36. The van der Waals surface area contributed by atoms with Crippen molar-refractivity contribution >= 4 is 23.1 Å². The van der Waals surface area contributed by atoms with Crippen molar-refractivity contribution in [3.8, 4) is 11.1 Å². The van der Waals surface area contributed by atoms with Gasteiger partial charge in [-0.1, -0.05) is 12.1 Å². The van der Waals surface area contributed by atoms with Gasteiger partial charge in [-0.15, -0.1) is 0 Å². The first-order valence-electron chi connectivity index (χ1n) is 11.6. The Morgan fingerprint density at radius 2 is 1.82 bits per heavy atom. The van der Waals surface area contributed by atoms with Crippen molar-refractivity contribution < 1.29 is 4.79 Å². The fourth-order valence-electron chi connectivity index (χ4n) is 5.12. The van der Waals surface area contributed by atoms with Gasteiger partial charge in [-0.3, -0.25) is 9.59 Å². The second kappa shape index (κ2) is 8.29. The third-order valence-corrected chi connectivity index (χ3v) is 7.03. The number of carbonyl (C=O) groups is 1. The molecule has 34 heavy (non-hydrogen) atoms. The molecule has 8 nitrogen and oxygen atoms in total. The Labute approximate surface area is 198 Å². The van der Waals surface area contributed by atoms with Crippen LogP contribution in [-0.4, -0.2) is 48.6 Å². The molecule has 8 heteroatoms. The van der Waals surface area contributed by atoms with E-state index < -0.39 is 11.3 Å². The molecular formula is C26H30N6O2. The van der Waals surface area contributed by atoms with Crippen molar-refractivity contribution in [2.24, 2.45) is 5.73 Å². The molecule has 0 aliphatic carbocycles. The lowest BCUT2D eigenvalue weighted by atomic mass is 9.83. The van der Waals surface area contributed by atoms with Crippen LogP contribution in [0.1, 0.15) is 23.7 Å². The largest absolute Gasteiger partial charge is 0.369 e. The molecule has 2 aliphatic heterocycles. The molecule has 0 spiro atoms. The maximum Gasteiger partial charge on any atom is 0.272 e. The van der Waals surface area contributed by atoms with Crippen molar-refractivity contribution in [1.29, 1.82) is 0 Å². The number of pyridine rings is 2. The normalized spacial score (nSPS) is 19.9. The van der Waals surface area contributed by atoms with Crippen LogP contribution in [0.2, 0.25) is 0 Å². The Kier molecular flexibility index (Phi) is 5.40. The standard InChI is InChI=1S/C26H30N6O2/c1-16-12-17(2)30-24(33)23(16)32-15-26(3,25(27)34)20-6-4-18(13-21(20)32)19-5-7-22(29-14-19)31-10-8-28-9-11-31/h4-7,12-14,28H,8-11,15H2,1-3H3,(H2,27,34)(H,30,33). The van der Waals surface area contributed by atoms with Crippen LogP contribution in [0.5, 0.6) is 0 Å². The monoisotopic (exact) mass is 458 g/mol. The first-order valence-corrected chi connectivity index (χ1v) is 11.6. The van der Waals surface area contributed by atoms with Crippen LogP contribution in [0.25, 0.3) is 11.1 Å². The molecule has 1 saturated heterocycles. The van der Waals surface area contributed by atoms with E-state index in [1.807, 2.05) is 62.2 Å². The molecule has 1 unspecified atom stereocenters. The Morgan fingerprint density at radius 1 is 1.09 bits per heavy atom. The number of nitrogens with one attached hydrogen (secondary N) is 2. The van der Waals surface area contributed by atoms with Crippen LogP contribution in [0.4, 0.5) is 17.2 Å². The highest BCUT2D eigenvalue weighted by Crippen LogP contribution is 2.45. The lowest BCUT2D eigenvalue weighted by molar-refractivity contribution is -0.122. The molecule has 5 rings (SSSR count). The smallest absolute Gasteiger partial charge is 0.272 e. The molecule has 4 heterocycles. The SMILES string of the molecule is Cc1cc(C)c(N2CC(C)(C(N)=O)c3ccc(-c4ccc(N5CCNCC5)nc4)cc32)c(=O)[nH]1. The molecular weight excluding hydrogens is 428 g/mol. The lowest BCUT2D eigenvalue weighted by Crippen LogP contribution is -2.43.